The number of hydrogen-bond acceptors (Lipinski definition) is 2. The van der Waals surface area contributed by atoms with Gasteiger partial charge in [0.05, 0.1) is 11.4 Å². The third-order valence-corrected chi connectivity index (χ3v) is 3.05. The summed E-state index contributed by atoms with van der Waals surface area (Å²) >= 11 is 12.0. The van der Waals surface area contributed by atoms with Crippen LogP contribution in [0.1, 0.15) is 19.5 Å². The van der Waals surface area contributed by atoms with Gasteiger partial charge in [-0.05, 0) is 36.7 Å². The number of nitrogens with one attached hydrogen (secondary N) is 1. The summed E-state index contributed by atoms with van der Waals surface area (Å²) in [6.07, 6.45) is 1.91. The van der Waals surface area contributed by atoms with Crippen LogP contribution in [0.2, 0.25) is 10.0 Å². The molecule has 0 atom stereocenters. The molecule has 0 amide bonds. The van der Waals surface area contributed by atoms with Crippen LogP contribution in [0, 0.1) is 5.92 Å². The molecule has 0 saturated carbocycles. The molecule has 19 heavy (non-hydrogen) atoms. The van der Waals surface area contributed by atoms with E-state index in [0.717, 1.165) is 24.5 Å². The van der Waals surface area contributed by atoms with Gasteiger partial charge >= 0.3 is 0 Å². The molecule has 1 heterocycles. The number of hydrogen-bond donors (Lipinski definition) is 1. The minimum atomic E-state index is 0.609. The average molecular weight is 298 g/mol. The fraction of sp³-hybridized carbons (Fsp3) is 0.357. The Morgan fingerprint density at radius 1 is 1.21 bits per heavy atom. The molecule has 0 fully saturated rings. The summed E-state index contributed by atoms with van der Waals surface area (Å²) in [5, 5.41) is 9.07. The van der Waals surface area contributed by atoms with Crippen molar-refractivity contribution in [1.82, 2.24) is 15.1 Å². The van der Waals surface area contributed by atoms with E-state index in [1.165, 1.54) is 0 Å². The van der Waals surface area contributed by atoms with Gasteiger partial charge in [0.1, 0.15) is 0 Å². The molecule has 0 unspecified atom stereocenters. The molecule has 1 aromatic heterocycles. The van der Waals surface area contributed by atoms with Gasteiger partial charge in [-0.1, -0.05) is 37.0 Å². The molecule has 2 rings (SSSR count). The van der Waals surface area contributed by atoms with Gasteiger partial charge in [-0.3, -0.25) is 0 Å². The van der Waals surface area contributed by atoms with Gasteiger partial charge in [0, 0.05) is 22.8 Å². The first-order valence-corrected chi connectivity index (χ1v) is 7.02. The maximum Gasteiger partial charge on any atom is 0.0766 e. The van der Waals surface area contributed by atoms with E-state index in [4.69, 9.17) is 23.2 Å². The van der Waals surface area contributed by atoms with Crippen LogP contribution in [0.25, 0.3) is 5.69 Å². The summed E-state index contributed by atoms with van der Waals surface area (Å²) in [7, 11) is 0. The van der Waals surface area contributed by atoms with Gasteiger partial charge in [0.2, 0.25) is 0 Å². The summed E-state index contributed by atoms with van der Waals surface area (Å²) in [5.41, 5.74) is 1.87. The molecule has 0 spiro atoms. The smallest absolute Gasteiger partial charge is 0.0766 e. The minimum absolute atomic E-state index is 0.609. The van der Waals surface area contributed by atoms with Crippen LogP contribution in [0.4, 0.5) is 0 Å². The number of benzene rings is 1. The van der Waals surface area contributed by atoms with E-state index >= 15 is 0 Å². The Morgan fingerprint density at radius 2 is 1.89 bits per heavy atom. The molecule has 1 aromatic carbocycles. The van der Waals surface area contributed by atoms with Crippen molar-refractivity contribution < 1.29 is 0 Å². The van der Waals surface area contributed by atoms with Crippen LogP contribution < -0.4 is 5.32 Å². The van der Waals surface area contributed by atoms with E-state index in [9.17, 15) is 0 Å². The highest BCUT2D eigenvalue weighted by Crippen LogP contribution is 2.21. The summed E-state index contributed by atoms with van der Waals surface area (Å²) < 4.78 is 1.78. The van der Waals surface area contributed by atoms with Crippen molar-refractivity contribution in [3.05, 3.63) is 46.2 Å². The number of aromatic nitrogens is 2. The average Bonchev–Trinajstić information content (AvgIpc) is 2.76. The van der Waals surface area contributed by atoms with Crippen LogP contribution in [-0.4, -0.2) is 16.3 Å². The summed E-state index contributed by atoms with van der Waals surface area (Å²) in [6.45, 7) is 6.11. The first-order valence-electron chi connectivity index (χ1n) is 6.26. The van der Waals surface area contributed by atoms with Crippen molar-refractivity contribution in [1.29, 1.82) is 0 Å². The van der Waals surface area contributed by atoms with Crippen LogP contribution in [0.3, 0.4) is 0 Å². The third kappa shape index (κ3) is 4.23. The normalized spacial score (nSPS) is 11.2. The van der Waals surface area contributed by atoms with Gasteiger partial charge < -0.3 is 5.32 Å². The maximum atomic E-state index is 5.99. The molecule has 2 aromatic rings. The highest BCUT2D eigenvalue weighted by Gasteiger charge is 2.04. The second-order valence-electron chi connectivity index (χ2n) is 4.90. The zero-order chi connectivity index (χ0) is 13.8. The van der Waals surface area contributed by atoms with Gasteiger partial charge in [-0.25, -0.2) is 4.68 Å². The minimum Gasteiger partial charge on any atom is -0.311 e. The predicted molar refractivity (Wildman–Crippen MR) is 80.1 cm³/mol. The Labute approximate surface area is 123 Å². The van der Waals surface area contributed by atoms with Crippen LogP contribution in [-0.2, 0) is 6.54 Å². The van der Waals surface area contributed by atoms with Gasteiger partial charge in [0.25, 0.3) is 0 Å². The zero-order valence-corrected chi connectivity index (χ0v) is 12.5. The van der Waals surface area contributed by atoms with Crippen molar-refractivity contribution >= 4 is 23.2 Å². The van der Waals surface area contributed by atoms with Crippen molar-refractivity contribution in [3.63, 3.8) is 0 Å². The molecule has 0 radical (unpaired) electrons. The maximum absolute atomic E-state index is 5.99. The Bertz CT molecular complexity index is 529. The Balaban J connectivity index is 2.07. The second kappa shape index (κ2) is 6.42. The zero-order valence-electron chi connectivity index (χ0n) is 11.0. The molecule has 0 saturated heterocycles. The van der Waals surface area contributed by atoms with Crippen molar-refractivity contribution in [3.8, 4) is 5.69 Å². The quantitative estimate of drug-likeness (QED) is 0.906. The van der Waals surface area contributed by atoms with E-state index in [1.54, 1.807) is 10.7 Å². The van der Waals surface area contributed by atoms with Crippen molar-refractivity contribution in [2.75, 3.05) is 6.54 Å². The Kier molecular flexibility index (Phi) is 4.86. The van der Waals surface area contributed by atoms with E-state index in [0.29, 0.717) is 16.0 Å². The van der Waals surface area contributed by atoms with E-state index in [-0.39, 0.29) is 0 Å². The fourth-order valence-corrected chi connectivity index (χ4v) is 2.27. The summed E-state index contributed by atoms with van der Waals surface area (Å²) in [5.74, 6) is 0.633. The number of rotatable bonds is 5. The van der Waals surface area contributed by atoms with Crippen LogP contribution >= 0.6 is 23.2 Å². The highest BCUT2D eigenvalue weighted by molar-refractivity contribution is 6.34. The molecule has 0 aliphatic rings. The molecular weight excluding hydrogens is 281 g/mol. The lowest BCUT2D eigenvalue weighted by atomic mass is 10.2. The van der Waals surface area contributed by atoms with Gasteiger partial charge in [0.15, 0.2) is 0 Å². The molecule has 0 aliphatic heterocycles. The highest BCUT2D eigenvalue weighted by atomic mass is 35.5. The van der Waals surface area contributed by atoms with E-state index in [1.807, 2.05) is 24.4 Å². The van der Waals surface area contributed by atoms with Crippen molar-refractivity contribution in [2.45, 2.75) is 20.4 Å². The molecule has 102 valence electrons. The summed E-state index contributed by atoms with van der Waals surface area (Å²) in [4.78, 5) is 0. The summed E-state index contributed by atoms with van der Waals surface area (Å²) in [6, 6.07) is 7.38. The van der Waals surface area contributed by atoms with E-state index in [2.05, 4.69) is 24.3 Å². The predicted octanol–water partition coefficient (Wildman–Crippen LogP) is 3.92. The van der Waals surface area contributed by atoms with Gasteiger partial charge in [-0.15, -0.1) is 0 Å². The standard InChI is InChI=1S/C14H17Cl2N3/c1-10(2)8-17-9-13-3-4-19(18-13)14-6-11(15)5-12(16)7-14/h3-7,10,17H,8-9H2,1-2H3. The monoisotopic (exact) mass is 297 g/mol. The Morgan fingerprint density at radius 3 is 2.53 bits per heavy atom. The first-order chi connectivity index (χ1) is 9.04. The third-order valence-electron chi connectivity index (χ3n) is 2.61. The first kappa shape index (κ1) is 14.4. The largest absolute Gasteiger partial charge is 0.311 e. The van der Waals surface area contributed by atoms with E-state index < -0.39 is 0 Å². The number of halogens is 2. The molecule has 1 N–H and O–H groups in total. The Hall–Kier alpha value is -1.03. The lowest BCUT2D eigenvalue weighted by Crippen LogP contribution is -2.19. The van der Waals surface area contributed by atoms with Crippen LogP contribution in [0.15, 0.2) is 30.5 Å². The molecular formula is C14H17Cl2N3. The lowest BCUT2D eigenvalue weighted by Gasteiger charge is -2.05. The second-order valence-corrected chi connectivity index (χ2v) is 5.78. The lowest BCUT2D eigenvalue weighted by molar-refractivity contribution is 0.546. The molecule has 5 heteroatoms. The molecule has 0 aliphatic carbocycles. The number of nitrogens with zero attached hydrogens (tertiary/aromatic N) is 2. The topological polar surface area (TPSA) is 29.9 Å². The van der Waals surface area contributed by atoms with Crippen molar-refractivity contribution in [2.24, 2.45) is 5.92 Å². The molecule has 3 nitrogen and oxygen atoms in total. The van der Waals surface area contributed by atoms with Gasteiger partial charge in [-0.2, -0.15) is 5.10 Å². The molecule has 0 bridgehead atoms. The fourth-order valence-electron chi connectivity index (χ4n) is 1.76. The SMILES string of the molecule is CC(C)CNCc1ccn(-c2cc(Cl)cc(Cl)c2)n1. The van der Waals surface area contributed by atoms with Crippen LogP contribution in [0.5, 0.6) is 0 Å².